The molecule has 1 aromatic rings. The van der Waals surface area contributed by atoms with E-state index in [0.717, 1.165) is 5.92 Å². The van der Waals surface area contributed by atoms with Crippen molar-refractivity contribution in [1.29, 1.82) is 0 Å². The average molecular weight is 174 g/mol. The Kier molecular flexibility index (Phi) is 2.15. The van der Waals surface area contributed by atoms with Gasteiger partial charge in [-0.2, -0.15) is 0 Å². The zero-order chi connectivity index (χ0) is 9.42. The molecule has 0 radical (unpaired) electrons. The molecule has 0 N–H and O–H groups in total. The van der Waals surface area contributed by atoms with E-state index < -0.39 is 0 Å². The predicted octanol–water partition coefficient (Wildman–Crippen LogP) is 3.74. The topological polar surface area (TPSA) is 0 Å². The monoisotopic (exact) mass is 174 g/mol. The maximum atomic E-state index is 2.37. The van der Waals surface area contributed by atoms with E-state index in [9.17, 15) is 0 Å². The van der Waals surface area contributed by atoms with Gasteiger partial charge in [-0.3, -0.25) is 0 Å². The highest BCUT2D eigenvalue weighted by molar-refractivity contribution is 5.43. The second-order valence-corrected chi connectivity index (χ2v) is 4.38. The first kappa shape index (κ1) is 8.80. The van der Waals surface area contributed by atoms with Crippen LogP contribution in [0.2, 0.25) is 0 Å². The van der Waals surface area contributed by atoms with Gasteiger partial charge in [-0.25, -0.2) is 0 Å². The highest BCUT2D eigenvalue weighted by atomic mass is 14.2. The lowest BCUT2D eigenvalue weighted by Gasteiger charge is -2.25. The molecule has 0 aliphatic heterocycles. The standard InChI is InChI=1S/C13H18/c1-9-7-8-11(3)13-10(2)5-4-6-12(9)13/h7-8,10H,4-6H2,1-3H3/t10-/m0/s1. The van der Waals surface area contributed by atoms with E-state index in [1.807, 2.05) is 0 Å². The molecule has 0 spiro atoms. The van der Waals surface area contributed by atoms with Crippen molar-refractivity contribution >= 4 is 0 Å². The smallest absolute Gasteiger partial charge is 0.0185 e. The van der Waals surface area contributed by atoms with E-state index in [4.69, 9.17) is 0 Å². The molecule has 2 rings (SSSR count). The molecule has 0 nitrogen and oxygen atoms in total. The molecule has 0 fully saturated rings. The number of aryl methyl sites for hydroxylation is 2. The van der Waals surface area contributed by atoms with Crippen molar-refractivity contribution in [3.63, 3.8) is 0 Å². The number of hydrogen-bond donors (Lipinski definition) is 0. The van der Waals surface area contributed by atoms with Gasteiger partial charge in [0.15, 0.2) is 0 Å². The van der Waals surface area contributed by atoms with Crippen LogP contribution in [-0.2, 0) is 6.42 Å². The molecule has 0 saturated heterocycles. The highest BCUT2D eigenvalue weighted by Crippen LogP contribution is 2.34. The summed E-state index contributed by atoms with van der Waals surface area (Å²) in [6, 6.07) is 4.54. The van der Waals surface area contributed by atoms with Gasteiger partial charge in [0.2, 0.25) is 0 Å². The van der Waals surface area contributed by atoms with Gasteiger partial charge in [0, 0.05) is 0 Å². The van der Waals surface area contributed by atoms with E-state index in [2.05, 4.69) is 32.9 Å². The molecular weight excluding hydrogens is 156 g/mol. The second kappa shape index (κ2) is 3.17. The Labute approximate surface area is 81.0 Å². The van der Waals surface area contributed by atoms with Crippen molar-refractivity contribution in [1.82, 2.24) is 0 Å². The second-order valence-electron chi connectivity index (χ2n) is 4.38. The van der Waals surface area contributed by atoms with E-state index in [1.165, 1.54) is 30.4 Å². The Balaban J connectivity index is 2.60. The quantitative estimate of drug-likeness (QED) is 0.562. The summed E-state index contributed by atoms with van der Waals surface area (Å²) in [4.78, 5) is 0. The first-order valence-electron chi connectivity index (χ1n) is 5.29. The lowest BCUT2D eigenvalue weighted by atomic mass is 9.80. The lowest BCUT2D eigenvalue weighted by Crippen LogP contribution is -2.10. The van der Waals surface area contributed by atoms with Gasteiger partial charge >= 0.3 is 0 Å². The van der Waals surface area contributed by atoms with Gasteiger partial charge in [-0.05, 0) is 61.3 Å². The van der Waals surface area contributed by atoms with Crippen LogP contribution in [0.1, 0.15) is 47.9 Å². The molecule has 0 heteroatoms. The third-order valence-electron chi connectivity index (χ3n) is 3.37. The molecular formula is C13H18. The van der Waals surface area contributed by atoms with Gasteiger partial charge in [0.05, 0.1) is 0 Å². The van der Waals surface area contributed by atoms with Gasteiger partial charge in [-0.15, -0.1) is 0 Å². The molecule has 0 amide bonds. The molecule has 0 bridgehead atoms. The molecule has 0 heterocycles. The zero-order valence-corrected chi connectivity index (χ0v) is 8.85. The molecule has 1 atom stereocenters. The normalized spacial score (nSPS) is 21.3. The van der Waals surface area contributed by atoms with Crippen LogP contribution in [0.3, 0.4) is 0 Å². The van der Waals surface area contributed by atoms with Crippen LogP contribution in [0.25, 0.3) is 0 Å². The minimum atomic E-state index is 0.781. The first-order valence-corrected chi connectivity index (χ1v) is 5.29. The highest BCUT2D eigenvalue weighted by Gasteiger charge is 2.19. The fourth-order valence-corrected chi connectivity index (χ4v) is 2.64. The summed E-state index contributed by atoms with van der Waals surface area (Å²) in [6.07, 6.45) is 4.04. The van der Waals surface area contributed by atoms with Crippen LogP contribution in [0.4, 0.5) is 0 Å². The predicted molar refractivity (Wildman–Crippen MR) is 57.3 cm³/mol. The Morgan fingerprint density at radius 3 is 2.54 bits per heavy atom. The summed E-state index contributed by atoms with van der Waals surface area (Å²) in [5, 5.41) is 0. The van der Waals surface area contributed by atoms with Crippen molar-refractivity contribution in [2.45, 2.75) is 46.0 Å². The molecule has 1 aliphatic carbocycles. The molecule has 1 aromatic carbocycles. The van der Waals surface area contributed by atoms with Crippen molar-refractivity contribution in [2.75, 3.05) is 0 Å². The SMILES string of the molecule is Cc1ccc(C)c2c1CCC[C@@H]2C. The van der Waals surface area contributed by atoms with Crippen LogP contribution in [0.5, 0.6) is 0 Å². The molecule has 0 saturated carbocycles. The fourth-order valence-electron chi connectivity index (χ4n) is 2.64. The maximum absolute atomic E-state index is 2.37. The molecule has 1 aliphatic rings. The largest absolute Gasteiger partial charge is 0.0588 e. The van der Waals surface area contributed by atoms with Gasteiger partial charge in [-0.1, -0.05) is 19.1 Å². The van der Waals surface area contributed by atoms with Crippen molar-refractivity contribution < 1.29 is 0 Å². The third kappa shape index (κ3) is 1.39. The number of hydrogen-bond acceptors (Lipinski definition) is 0. The lowest BCUT2D eigenvalue weighted by molar-refractivity contribution is 0.585. The van der Waals surface area contributed by atoms with Crippen LogP contribution in [-0.4, -0.2) is 0 Å². The van der Waals surface area contributed by atoms with Crippen molar-refractivity contribution in [3.05, 3.63) is 34.4 Å². The molecule has 0 unspecified atom stereocenters. The maximum Gasteiger partial charge on any atom is -0.0185 e. The summed E-state index contributed by atoms with van der Waals surface area (Å²) >= 11 is 0. The van der Waals surface area contributed by atoms with Gasteiger partial charge in [0.25, 0.3) is 0 Å². The number of fused-ring (bicyclic) bond motifs is 1. The van der Waals surface area contributed by atoms with Gasteiger partial charge in [0.1, 0.15) is 0 Å². The molecule has 13 heavy (non-hydrogen) atoms. The van der Waals surface area contributed by atoms with E-state index in [1.54, 1.807) is 11.1 Å². The van der Waals surface area contributed by atoms with E-state index in [-0.39, 0.29) is 0 Å². The Morgan fingerprint density at radius 1 is 1.15 bits per heavy atom. The summed E-state index contributed by atoms with van der Waals surface area (Å²) in [5.74, 6) is 0.781. The van der Waals surface area contributed by atoms with Crippen molar-refractivity contribution in [3.8, 4) is 0 Å². The van der Waals surface area contributed by atoms with Crippen LogP contribution < -0.4 is 0 Å². The number of benzene rings is 1. The fraction of sp³-hybridized carbons (Fsp3) is 0.538. The Hall–Kier alpha value is -0.780. The minimum absolute atomic E-state index is 0.781. The van der Waals surface area contributed by atoms with Crippen LogP contribution >= 0.6 is 0 Å². The Bertz CT molecular complexity index is 323. The van der Waals surface area contributed by atoms with E-state index >= 15 is 0 Å². The molecule has 0 aromatic heterocycles. The van der Waals surface area contributed by atoms with Crippen LogP contribution in [0.15, 0.2) is 12.1 Å². The molecule has 70 valence electrons. The van der Waals surface area contributed by atoms with Crippen molar-refractivity contribution in [2.24, 2.45) is 0 Å². The Morgan fingerprint density at radius 2 is 1.85 bits per heavy atom. The first-order chi connectivity index (χ1) is 6.20. The summed E-state index contributed by atoms with van der Waals surface area (Å²) in [5.41, 5.74) is 6.27. The van der Waals surface area contributed by atoms with E-state index in [0.29, 0.717) is 0 Å². The zero-order valence-electron chi connectivity index (χ0n) is 8.85. The number of rotatable bonds is 0. The van der Waals surface area contributed by atoms with Gasteiger partial charge < -0.3 is 0 Å². The van der Waals surface area contributed by atoms with Crippen LogP contribution in [0, 0.1) is 13.8 Å². The average Bonchev–Trinajstić information content (AvgIpc) is 2.12. The summed E-state index contributed by atoms with van der Waals surface area (Å²) in [6.45, 7) is 6.86. The summed E-state index contributed by atoms with van der Waals surface area (Å²) in [7, 11) is 0. The minimum Gasteiger partial charge on any atom is -0.0588 e. The third-order valence-corrected chi connectivity index (χ3v) is 3.37. The summed E-state index contributed by atoms with van der Waals surface area (Å²) < 4.78 is 0.